The Kier molecular flexibility index (Phi) is 2.73. The van der Waals surface area contributed by atoms with Crippen molar-refractivity contribution in [3.63, 3.8) is 0 Å². The van der Waals surface area contributed by atoms with Gasteiger partial charge in [0.2, 0.25) is 0 Å². The standard InChI is InChI=1S/C12H15NO2/c1-2-11(14)9-4-3-8-5-6-13-12(15)10(8)7-9/h3-4,7,11,14H,2,5-6H2,1H3,(H,13,15). The number of amides is 1. The van der Waals surface area contributed by atoms with Gasteiger partial charge in [-0.05, 0) is 30.0 Å². The second-order valence-corrected chi connectivity index (χ2v) is 3.85. The summed E-state index contributed by atoms with van der Waals surface area (Å²) in [5.41, 5.74) is 2.62. The molecule has 0 aromatic heterocycles. The number of aliphatic hydroxyl groups excluding tert-OH is 1. The molecule has 3 heteroatoms. The minimum absolute atomic E-state index is 0.0265. The van der Waals surface area contributed by atoms with Crippen molar-refractivity contribution in [2.24, 2.45) is 0 Å². The van der Waals surface area contributed by atoms with E-state index < -0.39 is 6.10 Å². The number of rotatable bonds is 2. The van der Waals surface area contributed by atoms with Gasteiger partial charge in [-0.2, -0.15) is 0 Å². The van der Waals surface area contributed by atoms with E-state index in [2.05, 4.69) is 5.32 Å². The van der Waals surface area contributed by atoms with Crippen molar-refractivity contribution < 1.29 is 9.90 Å². The number of carbonyl (C=O) groups is 1. The Morgan fingerprint density at radius 1 is 1.53 bits per heavy atom. The average Bonchev–Trinajstić information content (AvgIpc) is 2.28. The monoisotopic (exact) mass is 205 g/mol. The molecule has 2 N–H and O–H groups in total. The number of benzene rings is 1. The van der Waals surface area contributed by atoms with Crippen LogP contribution in [0.15, 0.2) is 18.2 Å². The molecule has 2 rings (SSSR count). The molecule has 0 fully saturated rings. The number of nitrogens with one attached hydrogen (secondary N) is 1. The van der Waals surface area contributed by atoms with E-state index in [4.69, 9.17) is 0 Å². The largest absolute Gasteiger partial charge is 0.388 e. The zero-order valence-electron chi connectivity index (χ0n) is 8.79. The van der Waals surface area contributed by atoms with Gasteiger partial charge in [-0.3, -0.25) is 4.79 Å². The second-order valence-electron chi connectivity index (χ2n) is 3.85. The van der Waals surface area contributed by atoms with E-state index in [1.54, 1.807) is 6.07 Å². The van der Waals surface area contributed by atoms with Crippen LogP contribution in [0.4, 0.5) is 0 Å². The van der Waals surface area contributed by atoms with Crippen molar-refractivity contribution in [1.29, 1.82) is 0 Å². The van der Waals surface area contributed by atoms with Crippen molar-refractivity contribution in [1.82, 2.24) is 5.32 Å². The molecule has 15 heavy (non-hydrogen) atoms. The summed E-state index contributed by atoms with van der Waals surface area (Å²) in [6.07, 6.45) is 1.08. The quantitative estimate of drug-likeness (QED) is 0.767. The van der Waals surface area contributed by atoms with Gasteiger partial charge in [0.1, 0.15) is 0 Å². The van der Waals surface area contributed by atoms with Crippen molar-refractivity contribution in [3.8, 4) is 0 Å². The van der Waals surface area contributed by atoms with Crippen LogP contribution in [0.3, 0.4) is 0 Å². The molecule has 0 bridgehead atoms. The summed E-state index contributed by atoms with van der Waals surface area (Å²) in [7, 11) is 0. The lowest BCUT2D eigenvalue weighted by Crippen LogP contribution is -2.31. The molecular weight excluding hydrogens is 190 g/mol. The van der Waals surface area contributed by atoms with Crippen LogP contribution in [0.25, 0.3) is 0 Å². The Labute approximate surface area is 89.1 Å². The molecule has 1 aliphatic heterocycles. The van der Waals surface area contributed by atoms with Crippen molar-refractivity contribution in [2.75, 3.05) is 6.54 Å². The van der Waals surface area contributed by atoms with E-state index in [9.17, 15) is 9.90 Å². The molecule has 0 aliphatic carbocycles. The molecule has 3 nitrogen and oxygen atoms in total. The highest BCUT2D eigenvalue weighted by Crippen LogP contribution is 2.21. The highest BCUT2D eigenvalue weighted by Gasteiger charge is 2.17. The van der Waals surface area contributed by atoms with Gasteiger partial charge in [-0.25, -0.2) is 0 Å². The molecule has 1 atom stereocenters. The molecule has 0 spiro atoms. The highest BCUT2D eigenvalue weighted by molar-refractivity contribution is 5.96. The number of fused-ring (bicyclic) bond motifs is 1. The third-order valence-electron chi connectivity index (χ3n) is 2.83. The maximum absolute atomic E-state index is 11.6. The summed E-state index contributed by atoms with van der Waals surface area (Å²) in [6.45, 7) is 2.63. The number of hydrogen-bond donors (Lipinski definition) is 2. The van der Waals surface area contributed by atoms with Gasteiger partial charge in [-0.1, -0.05) is 19.1 Å². The number of aliphatic hydroxyl groups is 1. The first-order valence-corrected chi connectivity index (χ1v) is 5.31. The van der Waals surface area contributed by atoms with Crippen LogP contribution in [0, 0.1) is 0 Å². The van der Waals surface area contributed by atoms with Crippen LogP contribution < -0.4 is 5.32 Å². The van der Waals surface area contributed by atoms with Crippen LogP contribution in [-0.4, -0.2) is 17.6 Å². The molecule has 1 aliphatic rings. The molecule has 80 valence electrons. The van der Waals surface area contributed by atoms with Crippen molar-refractivity contribution in [3.05, 3.63) is 34.9 Å². The van der Waals surface area contributed by atoms with Crippen LogP contribution in [0.5, 0.6) is 0 Å². The fourth-order valence-electron chi connectivity index (χ4n) is 1.87. The fourth-order valence-corrected chi connectivity index (χ4v) is 1.87. The molecule has 0 radical (unpaired) electrons. The predicted octanol–water partition coefficient (Wildman–Crippen LogP) is 1.42. The zero-order valence-corrected chi connectivity index (χ0v) is 8.79. The Balaban J connectivity index is 2.39. The normalized spacial score (nSPS) is 16.8. The summed E-state index contributed by atoms with van der Waals surface area (Å²) >= 11 is 0. The van der Waals surface area contributed by atoms with Gasteiger partial charge < -0.3 is 10.4 Å². The predicted molar refractivity (Wildman–Crippen MR) is 57.7 cm³/mol. The van der Waals surface area contributed by atoms with Gasteiger partial charge in [-0.15, -0.1) is 0 Å². The SMILES string of the molecule is CCC(O)c1ccc2c(c1)C(=O)NCC2. The van der Waals surface area contributed by atoms with E-state index in [0.717, 1.165) is 17.5 Å². The van der Waals surface area contributed by atoms with Gasteiger partial charge in [0.05, 0.1) is 6.10 Å². The van der Waals surface area contributed by atoms with Gasteiger partial charge >= 0.3 is 0 Å². The van der Waals surface area contributed by atoms with Gasteiger partial charge in [0, 0.05) is 12.1 Å². The lowest BCUT2D eigenvalue weighted by molar-refractivity contribution is 0.0945. The molecule has 0 saturated carbocycles. The molecular formula is C12H15NO2. The first-order chi connectivity index (χ1) is 7.22. The van der Waals surface area contributed by atoms with Crippen molar-refractivity contribution >= 4 is 5.91 Å². The summed E-state index contributed by atoms with van der Waals surface area (Å²) in [5, 5.41) is 12.5. The van der Waals surface area contributed by atoms with Crippen LogP contribution in [-0.2, 0) is 6.42 Å². The van der Waals surface area contributed by atoms with Gasteiger partial charge in [0.25, 0.3) is 5.91 Å². The molecule has 1 aromatic carbocycles. The Bertz CT molecular complexity index is 387. The Hall–Kier alpha value is -1.35. The minimum atomic E-state index is -0.468. The molecule has 0 saturated heterocycles. The fraction of sp³-hybridized carbons (Fsp3) is 0.417. The molecule has 1 aromatic rings. The molecule has 1 amide bonds. The van der Waals surface area contributed by atoms with E-state index >= 15 is 0 Å². The third-order valence-corrected chi connectivity index (χ3v) is 2.83. The maximum atomic E-state index is 11.6. The minimum Gasteiger partial charge on any atom is -0.388 e. The maximum Gasteiger partial charge on any atom is 0.251 e. The third kappa shape index (κ3) is 1.88. The Morgan fingerprint density at radius 2 is 2.33 bits per heavy atom. The summed E-state index contributed by atoms with van der Waals surface area (Å²) in [6, 6.07) is 5.66. The summed E-state index contributed by atoms with van der Waals surface area (Å²) < 4.78 is 0. The smallest absolute Gasteiger partial charge is 0.251 e. The van der Waals surface area contributed by atoms with Crippen LogP contribution in [0.2, 0.25) is 0 Å². The number of hydrogen-bond acceptors (Lipinski definition) is 2. The van der Waals surface area contributed by atoms with Crippen molar-refractivity contribution in [2.45, 2.75) is 25.9 Å². The lowest BCUT2D eigenvalue weighted by atomic mass is 9.95. The lowest BCUT2D eigenvalue weighted by Gasteiger charge is -2.18. The van der Waals surface area contributed by atoms with E-state index in [0.29, 0.717) is 18.5 Å². The van der Waals surface area contributed by atoms with E-state index in [-0.39, 0.29) is 5.91 Å². The first kappa shape index (κ1) is 10.2. The molecule has 1 unspecified atom stereocenters. The van der Waals surface area contributed by atoms with Crippen LogP contribution >= 0.6 is 0 Å². The zero-order chi connectivity index (χ0) is 10.8. The van der Waals surface area contributed by atoms with Gasteiger partial charge in [0.15, 0.2) is 0 Å². The number of carbonyl (C=O) groups excluding carboxylic acids is 1. The average molecular weight is 205 g/mol. The first-order valence-electron chi connectivity index (χ1n) is 5.31. The summed E-state index contributed by atoms with van der Waals surface area (Å²) in [4.78, 5) is 11.6. The Morgan fingerprint density at radius 3 is 3.07 bits per heavy atom. The van der Waals surface area contributed by atoms with Crippen LogP contribution in [0.1, 0.15) is 40.9 Å². The topological polar surface area (TPSA) is 49.3 Å². The van der Waals surface area contributed by atoms with E-state index in [1.165, 1.54) is 0 Å². The highest BCUT2D eigenvalue weighted by atomic mass is 16.3. The second kappa shape index (κ2) is 4.03. The molecule has 1 heterocycles. The summed E-state index contributed by atoms with van der Waals surface area (Å²) in [5.74, 6) is -0.0265. The van der Waals surface area contributed by atoms with E-state index in [1.807, 2.05) is 19.1 Å².